The van der Waals surface area contributed by atoms with Gasteiger partial charge in [0.05, 0.1) is 12.7 Å². The van der Waals surface area contributed by atoms with E-state index >= 15 is 0 Å². The third kappa shape index (κ3) is 2.25. The van der Waals surface area contributed by atoms with Gasteiger partial charge in [-0.3, -0.25) is 4.79 Å². The zero-order chi connectivity index (χ0) is 12.3. The SMILES string of the molecule is COc1nc(C(F)F)c(C(=O)Cl)cc1C#N. The molecule has 0 saturated carbocycles. The molecule has 0 unspecified atom stereocenters. The largest absolute Gasteiger partial charge is 0.480 e. The number of aromatic nitrogens is 1. The maximum Gasteiger partial charge on any atom is 0.281 e. The molecule has 0 amide bonds. The molecule has 0 spiro atoms. The molecule has 0 atom stereocenters. The third-order valence-corrected chi connectivity index (χ3v) is 1.95. The van der Waals surface area contributed by atoms with Crippen LogP contribution in [0.5, 0.6) is 5.88 Å². The smallest absolute Gasteiger partial charge is 0.281 e. The van der Waals surface area contributed by atoms with E-state index in [1.165, 1.54) is 7.11 Å². The summed E-state index contributed by atoms with van der Waals surface area (Å²) in [5, 5.41) is 7.58. The number of nitriles is 1. The summed E-state index contributed by atoms with van der Waals surface area (Å²) in [5.74, 6) is -0.264. The highest BCUT2D eigenvalue weighted by Crippen LogP contribution is 2.27. The second-order valence-corrected chi connectivity index (χ2v) is 3.01. The average Bonchev–Trinajstić information content (AvgIpc) is 2.26. The van der Waals surface area contributed by atoms with E-state index in [0.29, 0.717) is 0 Å². The fraction of sp³-hybridized carbons (Fsp3) is 0.222. The lowest BCUT2D eigenvalue weighted by atomic mass is 10.1. The van der Waals surface area contributed by atoms with Crippen molar-refractivity contribution >= 4 is 16.8 Å². The molecule has 1 aromatic heterocycles. The van der Waals surface area contributed by atoms with Gasteiger partial charge in [-0.25, -0.2) is 13.8 Å². The maximum atomic E-state index is 12.5. The quantitative estimate of drug-likeness (QED) is 0.768. The van der Waals surface area contributed by atoms with Gasteiger partial charge in [0.25, 0.3) is 11.7 Å². The van der Waals surface area contributed by atoms with Gasteiger partial charge in [0.1, 0.15) is 17.3 Å². The van der Waals surface area contributed by atoms with Crippen molar-refractivity contribution in [2.75, 3.05) is 7.11 Å². The highest BCUT2D eigenvalue weighted by atomic mass is 35.5. The van der Waals surface area contributed by atoms with Gasteiger partial charge in [-0.05, 0) is 17.7 Å². The molecule has 1 rings (SSSR count). The first-order valence-corrected chi connectivity index (χ1v) is 4.36. The van der Waals surface area contributed by atoms with Gasteiger partial charge in [0.15, 0.2) is 0 Å². The van der Waals surface area contributed by atoms with E-state index in [4.69, 9.17) is 16.9 Å². The van der Waals surface area contributed by atoms with Crippen LogP contribution < -0.4 is 4.74 Å². The Bertz CT molecular complexity index is 471. The summed E-state index contributed by atoms with van der Waals surface area (Å²) in [7, 11) is 1.18. The highest BCUT2D eigenvalue weighted by Gasteiger charge is 2.22. The monoisotopic (exact) mass is 246 g/mol. The van der Waals surface area contributed by atoms with Crippen molar-refractivity contribution in [3.8, 4) is 11.9 Å². The normalized spacial score (nSPS) is 10.0. The van der Waals surface area contributed by atoms with E-state index in [0.717, 1.165) is 6.07 Å². The minimum atomic E-state index is -2.97. The number of alkyl halides is 2. The molecule has 0 aliphatic carbocycles. The van der Waals surface area contributed by atoms with Gasteiger partial charge in [0, 0.05) is 0 Å². The fourth-order valence-corrected chi connectivity index (χ4v) is 1.22. The van der Waals surface area contributed by atoms with Crippen LogP contribution in [-0.4, -0.2) is 17.3 Å². The number of ether oxygens (including phenoxy) is 1. The summed E-state index contributed by atoms with van der Waals surface area (Å²) in [6, 6.07) is 2.60. The van der Waals surface area contributed by atoms with Gasteiger partial charge in [-0.1, -0.05) is 0 Å². The van der Waals surface area contributed by atoms with Gasteiger partial charge in [0.2, 0.25) is 5.88 Å². The van der Waals surface area contributed by atoms with Crippen LogP contribution in [0.3, 0.4) is 0 Å². The van der Waals surface area contributed by atoms with Crippen LogP contribution in [0, 0.1) is 11.3 Å². The highest BCUT2D eigenvalue weighted by molar-refractivity contribution is 6.67. The first kappa shape index (κ1) is 12.3. The van der Waals surface area contributed by atoms with Gasteiger partial charge >= 0.3 is 0 Å². The number of pyridine rings is 1. The molecule has 4 nitrogen and oxygen atoms in total. The van der Waals surface area contributed by atoms with Crippen LogP contribution in [0.15, 0.2) is 6.07 Å². The molecular weight excluding hydrogens is 242 g/mol. The Morgan fingerprint density at radius 3 is 2.69 bits per heavy atom. The minimum Gasteiger partial charge on any atom is -0.480 e. The second kappa shape index (κ2) is 4.86. The van der Waals surface area contributed by atoms with Crippen LogP contribution in [0.1, 0.15) is 28.0 Å². The summed E-state index contributed by atoms with van der Waals surface area (Å²) < 4.78 is 29.7. The lowest BCUT2D eigenvalue weighted by molar-refractivity contribution is 0.106. The Kier molecular flexibility index (Phi) is 3.74. The molecule has 0 N–H and O–H groups in total. The van der Waals surface area contributed by atoms with Crippen LogP contribution >= 0.6 is 11.6 Å². The Hall–Kier alpha value is -1.74. The first-order chi connectivity index (χ1) is 7.51. The van der Waals surface area contributed by atoms with E-state index in [1.54, 1.807) is 6.07 Å². The van der Waals surface area contributed by atoms with Crippen molar-refractivity contribution < 1.29 is 18.3 Å². The Morgan fingerprint density at radius 2 is 2.31 bits per heavy atom. The molecule has 0 aliphatic rings. The zero-order valence-electron chi connectivity index (χ0n) is 8.00. The van der Waals surface area contributed by atoms with Gasteiger partial charge in [-0.2, -0.15) is 5.26 Å². The molecule has 0 bridgehead atoms. The number of methoxy groups -OCH3 is 1. The van der Waals surface area contributed by atoms with E-state index in [-0.39, 0.29) is 11.4 Å². The zero-order valence-corrected chi connectivity index (χ0v) is 8.76. The molecule has 1 heterocycles. The van der Waals surface area contributed by atoms with Gasteiger partial charge in [-0.15, -0.1) is 0 Å². The van der Waals surface area contributed by atoms with E-state index in [9.17, 15) is 13.6 Å². The summed E-state index contributed by atoms with van der Waals surface area (Å²) in [6.45, 7) is 0. The van der Waals surface area contributed by atoms with Crippen LogP contribution in [-0.2, 0) is 0 Å². The lowest BCUT2D eigenvalue weighted by Gasteiger charge is -2.08. The van der Waals surface area contributed by atoms with Crippen molar-refractivity contribution in [2.24, 2.45) is 0 Å². The molecule has 0 aromatic carbocycles. The van der Waals surface area contributed by atoms with Crippen molar-refractivity contribution in [3.63, 3.8) is 0 Å². The molecule has 0 aliphatic heterocycles. The van der Waals surface area contributed by atoms with Gasteiger partial charge < -0.3 is 4.74 Å². The van der Waals surface area contributed by atoms with Crippen LogP contribution in [0.4, 0.5) is 8.78 Å². The number of hydrogen-bond acceptors (Lipinski definition) is 4. The number of carbonyl (C=O) groups excluding carboxylic acids is 1. The number of halogens is 3. The molecule has 84 valence electrons. The Morgan fingerprint density at radius 1 is 1.69 bits per heavy atom. The lowest BCUT2D eigenvalue weighted by Crippen LogP contribution is -2.05. The average molecular weight is 247 g/mol. The predicted molar refractivity (Wildman–Crippen MR) is 50.6 cm³/mol. The Labute approximate surface area is 94.4 Å². The molecular formula is C9H5ClF2N2O2. The molecule has 0 saturated heterocycles. The standard InChI is InChI=1S/C9H5ClF2N2O2/c1-16-9-4(3-13)2-5(7(10)15)6(14-9)8(11)12/h2,8H,1H3. The van der Waals surface area contributed by atoms with Crippen LogP contribution in [0.25, 0.3) is 0 Å². The third-order valence-electron chi connectivity index (χ3n) is 1.75. The van der Waals surface area contributed by atoms with Crippen molar-refractivity contribution in [1.82, 2.24) is 4.98 Å². The molecule has 0 radical (unpaired) electrons. The summed E-state index contributed by atoms with van der Waals surface area (Å²) >= 11 is 5.11. The number of nitrogens with zero attached hydrogens (tertiary/aromatic N) is 2. The summed E-state index contributed by atoms with van der Waals surface area (Å²) in [5.41, 5.74) is -1.42. The topological polar surface area (TPSA) is 63.0 Å². The number of carbonyl (C=O) groups is 1. The van der Waals surface area contributed by atoms with Crippen LogP contribution in [0.2, 0.25) is 0 Å². The maximum absolute atomic E-state index is 12.5. The number of rotatable bonds is 3. The predicted octanol–water partition coefficient (Wildman–Crippen LogP) is 2.28. The van der Waals surface area contributed by atoms with Crippen molar-refractivity contribution in [3.05, 3.63) is 22.9 Å². The summed E-state index contributed by atoms with van der Waals surface area (Å²) in [6.07, 6.45) is -2.97. The summed E-state index contributed by atoms with van der Waals surface area (Å²) in [4.78, 5) is 14.3. The number of hydrogen-bond donors (Lipinski definition) is 0. The van der Waals surface area contributed by atoms with E-state index in [2.05, 4.69) is 9.72 Å². The minimum absolute atomic E-state index is 0.129. The van der Waals surface area contributed by atoms with Crippen molar-refractivity contribution in [1.29, 1.82) is 5.26 Å². The second-order valence-electron chi connectivity index (χ2n) is 2.66. The molecule has 16 heavy (non-hydrogen) atoms. The molecule has 1 aromatic rings. The van der Waals surface area contributed by atoms with Crippen molar-refractivity contribution in [2.45, 2.75) is 6.43 Å². The Balaban J connectivity index is 3.49. The molecule has 0 fully saturated rings. The van der Waals surface area contributed by atoms with E-state index < -0.39 is 22.9 Å². The van der Waals surface area contributed by atoms with E-state index in [1.807, 2.05) is 0 Å². The fourth-order valence-electron chi connectivity index (χ4n) is 1.07. The first-order valence-electron chi connectivity index (χ1n) is 3.98. The molecule has 7 heteroatoms.